The van der Waals surface area contributed by atoms with Crippen LogP contribution in [0.5, 0.6) is 5.75 Å². The number of nitrogens with zero attached hydrogens (tertiary/aromatic N) is 1. The Kier molecular flexibility index (Phi) is 6.40. The summed E-state index contributed by atoms with van der Waals surface area (Å²) in [6, 6.07) is 11.7. The Balaban J connectivity index is 1.66. The zero-order valence-electron chi connectivity index (χ0n) is 15.9. The van der Waals surface area contributed by atoms with Crippen LogP contribution in [0.1, 0.15) is 22.8 Å². The summed E-state index contributed by atoms with van der Waals surface area (Å²) in [6.45, 7) is 4.45. The third-order valence-electron chi connectivity index (χ3n) is 5.01. The average Bonchev–Trinajstić information content (AvgIpc) is 2.68. The molecular weight excluding hydrogens is 400 g/mol. The lowest BCUT2D eigenvalue weighted by Crippen LogP contribution is -3.13. The molecule has 3 rings (SSSR count). The van der Waals surface area contributed by atoms with Crippen molar-refractivity contribution in [1.29, 1.82) is 0 Å². The van der Waals surface area contributed by atoms with Crippen molar-refractivity contribution in [2.24, 2.45) is 0 Å². The van der Waals surface area contributed by atoms with Crippen LogP contribution in [0.2, 0.25) is 5.02 Å². The molecule has 28 heavy (non-hydrogen) atoms. The molecule has 1 heterocycles. The lowest BCUT2D eigenvalue weighted by Gasteiger charge is -2.31. The van der Waals surface area contributed by atoms with Crippen molar-refractivity contribution >= 4 is 27.4 Å². The summed E-state index contributed by atoms with van der Waals surface area (Å²) in [7, 11) is -1.93. The molecule has 0 spiro atoms. The molecule has 0 unspecified atom stereocenters. The van der Waals surface area contributed by atoms with Crippen molar-refractivity contribution in [2.75, 3.05) is 33.3 Å². The maximum absolute atomic E-state index is 12.9. The molecule has 1 fully saturated rings. The molecule has 1 saturated heterocycles. The van der Waals surface area contributed by atoms with Gasteiger partial charge in [-0.05, 0) is 37.3 Å². The van der Waals surface area contributed by atoms with Crippen LogP contribution in [0.25, 0.3) is 0 Å². The number of Topliss-reactive ketones (excluding diaryl/α,β-unsaturated/α-hetero) is 1. The van der Waals surface area contributed by atoms with Gasteiger partial charge in [0.2, 0.25) is 10.0 Å². The minimum Gasteiger partial charge on any atom is -0.496 e. The first-order valence-electron chi connectivity index (χ1n) is 9.08. The predicted octanol–water partition coefficient (Wildman–Crippen LogP) is 1.64. The van der Waals surface area contributed by atoms with Gasteiger partial charge in [-0.3, -0.25) is 4.79 Å². The number of ether oxygens (including phenoxy) is 1. The number of hydrogen-bond donors (Lipinski definition) is 1. The number of carbonyl (C=O) groups is 1. The fourth-order valence-corrected chi connectivity index (χ4v) is 5.02. The van der Waals surface area contributed by atoms with E-state index in [1.54, 1.807) is 25.3 Å². The minimum atomic E-state index is -3.56. The number of quaternary nitrogens is 1. The van der Waals surface area contributed by atoms with Gasteiger partial charge in [0, 0.05) is 16.1 Å². The monoisotopic (exact) mass is 423 g/mol. The lowest BCUT2D eigenvalue weighted by molar-refractivity contribution is -0.917. The quantitative estimate of drug-likeness (QED) is 0.717. The first kappa shape index (κ1) is 20.8. The molecule has 2 aromatic rings. The molecule has 8 heteroatoms. The van der Waals surface area contributed by atoms with Crippen molar-refractivity contribution in [3.8, 4) is 5.75 Å². The van der Waals surface area contributed by atoms with Gasteiger partial charge in [-0.15, -0.1) is 0 Å². The van der Waals surface area contributed by atoms with Gasteiger partial charge in [0.1, 0.15) is 12.3 Å². The first-order valence-corrected chi connectivity index (χ1v) is 10.9. The summed E-state index contributed by atoms with van der Waals surface area (Å²) < 4.78 is 32.7. The van der Waals surface area contributed by atoms with Crippen LogP contribution >= 0.6 is 11.6 Å². The normalized spacial score (nSPS) is 16.1. The first-order chi connectivity index (χ1) is 13.3. The molecule has 0 amide bonds. The number of benzene rings is 2. The summed E-state index contributed by atoms with van der Waals surface area (Å²) in [6.07, 6.45) is 0. The van der Waals surface area contributed by atoms with Crippen LogP contribution in [0.3, 0.4) is 0 Å². The number of carbonyl (C=O) groups excluding carboxylic acids is 1. The van der Waals surface area contributed by atoms with Gasteiger partial charge in [0.25, 0.3) is 0 Å². The number of hydrogen-bond acceptors (Lipinski definition) is 4. The summed E-state index contributed by atoms with van der Waals surface area (Å²) in [5.74, 6) is 0.704. The van der Waals surface area contributed by atoms with Crippen molar-refractivity contribution in [2.45, 2.75) is 18.4 Å². The number of piperazine rings is 1. The molecule has 0 aliphatic carbocycles. The second-order valence-corrected chi connectivity index (χ2v) is 9.24. The van der Waals surface area contributed by atoms with Crippen LogP contribution < -0.4 is 9.64 Å². The Bertz CT molecular complexity index is 953. The van der Waals surface area contributed by atoms with Crippen LogP contribution in [0.15, 0.2) is 47.4 Å². The van der Waals surface area contributed by atoms with Gasteiger partial charge in [0.05, 0.1) is 38.2 Å². The minimum absolute atomic E-state index is 0.0856. The van der Waals surface area contributed by atoms with Gasteiger partial charge in [-0.2, -0.15) is 4.31 Å². The maximum atomic E-state index is 12.9. The van der Waals surface area contributed by atoms with Gasteiger partial charge in [-0.25, -0.2) is 8.42 Å². The van der Waals surface area contributed by atoms with Gasteiger partial charge in [-0.1, -0.05) is 23.7 Å². The van der Waals surface area contributed by atoms with E-state index in [9.17, 15) is 13.2 Å². The van der Waals surface area contributed by atoms with E-state index < -0.39 is 10.0 Å². The summed E-state index contributed by atoms with van der Waals surface area (Å²) in [5.41, 5.74) is 1.52. The Morgan fingerprint density at radius 3 is 2.36 bits per heavy atom. The van der Waals surface area contributed by atoms with Crippen molar-refractivity contribution in [3.63, 3.8) is 0 Å². The average molecular weight is 424 g/mol. The molecule has 0 saturated carbocycles. The van der Waals surface area contributed by atoms with Crippen molar-refractivity contribution in [1.82, 2.24) is 4.31 Å². The molecular formula is C20H24ClN2O4S+. The zero-order valence-corrected chi connectivity index (χ0v) is 17.5. The highest BCUT2D eigenvalue weighted by Gasteiger charge is 2.30. The number of sulfonamides is 1. The highest BCUT2D eigenvalue weighted by Crippen LogP contribution is 2.22. The van der Waals surface area contributed by atoms with E-state index in [2.05, 4.69) is 0 Å². The number of halogens is 1. The Morgan fingerprint density at radius 1 is 1.14 bits per heavy atom. The van der Waals surface area contributed by atoms with Crippen LogP contribution in [-0.4, -0.2) is 51.8 Å². The molecule has 0 radical (unpaired) electrons. The number of rotatable bonds is 6. The second kappa shape index (κ2) is 8.61. The molecule has 0 atom stereocenters. The smallest absolute Gasteiger partial charge is 0.243 e. The molecule has 0 bridgehead atoms. The third-order valence-corrected chi connectivity index (χ3v) is 7.16. The second-order valence-electron chi connectivity index (χ2n) is 6.87. The molecule has 0 aromatic heterocycles. The number of ketones is 1. The summed E-state index contributed by atoms with van der Waals surface area (Å²) >= 11 is 6.10. The summed E-state index contributed by atoms with van der Waals surface area (Å²) in [4.78, 5) is 12.9. The molecule has 1 aliphatic heterocycles. The molecule has 1 N–H and O–H groups in total. The molecule has 1 aliphatic rings. The zero-order chi connectivity index (χ0) is 20.3. The number of nitrogens with one attached hydrogen (secondary N) is 1. The Morgan fingerprint density at radius 2 is 1.79 bits per heavy atom. The molecule has 2 aromatic carbocycles. The fourth-order valence-electron chi connectivity index (χ4n) is 3.38. The third kappa shape index (κ3) is 4.55. The largest absolute Gasteiger partial charge is 0.496 e. The molecule has 150 valence electrons. The van der Waals surface area contributed by atoms with Crippen LogP contribution in [-0.2, 0) is 16.6 Å². The highest BCUT2D eigenvalue weighted by atomic mass is 35.5. The van der Waals surface area contributed by atoms with Gasteiger partial charge in [0.15, 0.2) is 5.78 Å². The standard InChI is InChI=1S/C20H23ClN2O4S/c1-15(24)16-3-6-19(7-4-16)28(25,26)23-11-9-22(10-12-23)14-17-13-18(21)5-8-20(17)27-2/h3-8,13H,9-12,14H2,1-2H3/p+1. The Hall–Kier alpha value is -1.93. The van der Waals surface area contributed by atoms with E-state index in [1.165, 1.54) is 28.3 Å². The predicted molar refractivity (Wildman–Crippen MR) is 108 cm³/mol. The SMILES string of the molecule is COc1ccc(Cl)cc1C[NH+]1CCN(S(=O)(=O)c2ccc(C(C)=O)cc2)CC1. The lowest BCUT2D eigenvalue weighted by atomic mass is 10.1. The van der Waals surface area contributed by atoms with Gasteiger partial charge >= 0.3 is 0 Å². The maximum Gasteiger partial charge on any atom is 0.243 e. The van der Waals surface area contributed by atoms with Crippen molar-refractivity contribution < 1.29 is 22.8 Å². The van der Waals surface area contributed by atoms with E-state index in [-0.39, 0.29) is 10.7 Å². The topological polar surface area (TPSA) is 68.1 Å². The summed E-state index contributed by atoms with van der Waals surface area (Å²) in [5, 5.41) is 0.658. The van der Waals surface area contributed by atoms with Gasteiger partial charge < -0.3 is 9.64 Å². The van der Waals surface area contributed by atoms with E-state index in [4.69, 9.17) is 16.3 Å². The van der Waals surface area contributed by atoms with Crippen molar-refractivity contribution in [3.05, 3.63) is 58.6 Å². The van der Waals surface area contributed by atoms with Crippen LogP contribution in [0, 0.1) is 0 Å². The van der Waals surface area contributed by atoms with E-state index in [1.807, 2.05) is 12.1 Å². The Labute approximate surface area is 170 Å². The van der Waals surface area contributed by atoms with E-state index in [0.717, 1.165) is 17.9 Å². The highest BCUT2D eigenvalue weighted by molar-refractivity contribution is 7.89. The van der Waals surface area contributed by atoms with E-state index >= 15 is 0 Å². The number of methoxy groups -OCH3 is 1. The van der Waals surface area contributed by atoms with Crippen LogP contribution in [0.4, 0.5) is 0 Å². The fraction of sp³-hybridized carbons (Fsp3) is 0.350. The molecule has 6 nitrogen and oxygen atoms in total. The van der Waals surface area contributed by atoms with E-state index in [0.29, 0.717) is 36.8 Å².